The predicted octanol–water partition coefficient (Wildman–Crippen LogP) is 1.30. The number of halogens is 1. The van der Waals surface area contributed by atoms with E-state index in [-0.39, 0.29) is 17.4 Å². The van der Waals surface area contributed by atoms with E-state index in [0.29, 0.717) is 6.42 Å². The van der Waals surface area contributed by atoms with Crippen LogP contribution in [0.15, 0.2) is 24.3 Å². The number of benzene rings is 1. The molecule has 1 aliphatic heterocycles. The zero-order valence-corrected chi connectivity index (χ0v) is 9.95. The van der Waals surface area contributed by atoms with Crippen molar-refractivity contribution in [1.29, 1.82) is 0 Å². The first-order chi connectivity index (χ1) is 8.16. The van der Waals surface area contributed by atoms with Crippen LogP contribution < -0.4 is 5.32 Å². The van der Waals surface area contributed by atoms with Crippen LogP contribution >= 0.6 is 0 Å². The normalized spacial score (nSPS) is 21.4. The summed E-state index contributed by atoms with van der Waals surface area (Å²) in [6.07, 6.45) is 0.352. The van der Waals surface area contributed by atoms with Crippen molar-refractivity contribution in [2.75, 3.05) is 26.7 Å². The molecule has 1 aromatic carbocycles. The Morgan fingerprint density at radius 3 is 3.00 bits per heavy atom. The Kier molecular flexibility index (Phi) is 3.86. The minimum absolute atomic E-state index is 0.126. The highest BCUT2D eigenvalue weighted by Gasteiger charge is 2.21. The molecule has 1 fully saturated rings. The third kappa shape index (κ3) is 3.11. The SMILES string of the molecule is CN1CCNC(CC(=O)c2ccccc2F)C1. The molecule has 1 N–H and O–H groups in total. The van der Waals surface area contributed by atoms with Crippen molar-refractivity contribution in [2.45, 2.75) is 12.5 Å². The molecule has 1 aromatic rings. The van der Waals surface area contributed by atoms with Gasteiger partial charge >= 0.3 is 0 Å². The maximum absolute atomic E-state index is 13.4. The number of rotatable bonds is 3. The third-order valence-corrected chi connectivity index (χ3v) is 3.06. The summed E-state index contributed by atoms with van der Waals surface area (Å²) in [4.78, 5) is 14.1. The Morgan fingerprint density at radius 1 is 1.53 bits per heavy atom. The molecule has 0 saturated carbocycles. The Bertz CT molecular complexity index is 408. The minimum atomic E-state index is -0.429. The zero-order valence-electron chi connectivity index (χ0n) is 9.95. The number of likely N-dealkylation sites (N-methyl/N-ethyl adjacent to an activating group) is 1. The van der Waals surface area contributed by atoms with E-state index in [1.807, 2.05) is 7.05 Å². The molecule has 0 radical (unpaired) electrons. The molecule has 1 atom stereocenters. The highest BCUT2D eigenvalue weighted by molar-refractivity contribution is 5.96. The molecule has 0 amide bonds. The van der Waals surface area contributed by atoms with Crippen LogP contribution in [0.4, 0.5) is 4.39 Å². The minimum Gasteiger partial charge on any atom is -0.311 e. The van der Waals surface area contributed by atoms with E-state index < -0.39 is 5.82 Å². The van der Waals surface area contributed by atoms with Gasteiger partial charge in [-0.2, -0.15) is 0 Å². The van der Waals surface area contributed by atoms with E-state index in [4.69, 9.17) is 0 Å². The average molecular weight is 236 g/mol. The first-order valence-electron chi connectivity index (χ1n) is 5.86. The van der Waals surface area contributed by atoms with Gasteiger partial charge in [0, 0.05) is 32.1 Å². The molecular weight excluding hydrogens is 219 g/mol. The highest BCUT2D eigenvalue weighted by Crippen LogP contribution is 2.11. The molecule has 0 spiro atoms. The summed E-state index contributed by atoms with van der Waals surface area (Å²) >= 11 is 0. The smallest absolute Gasteiger partial charge is 0.167 e. The van der Waals surface area contributed by atoms with Gasteiger partial charge < -0.3 is 10.2 Å². The molecule has 0 aromatic heterocycles. The van der Waals surface area contributed by atoms with Crippen LogP contribution in [-0.2, 0) is 0 Å². The van der Waals surface area contributed by atoms with E-state index in [1.165, 1.54) is 6.07 Å². The molecule has 4 heteroatoms. The van der Waals surface area contributed by atoms with E-state index in [2.05, 4.69) is 10.2 Å². The van der Waals surface area contributed by atoms with Crippen molar-refractivity contribution in [3.05, 3.63) is 35.6 Å². The standard InChI is InChI=1S/C13H17FN2O/c1-16-7-6-15-10(9-16)8-13(17)11-4-2-3-5-12(11)14/h2-5,10,15H,6-9H2,1H3. The number of nitrogens with zero attached hydrogens (tertiary/aromatic N) is 1. The van der Waals surface area contributed by atoms with Gasteiger partial charge in [0.2, 0.25) is 0 Å². The topological polar surface area (TPSA) is 32.3 Å². The fraction of sp³-hybridized carbons (Fsp3) is 0.462. The molecule has 0 bridgehead atoms. The lowest BCUT2D eigenvalue weighted by molar-refractivity contribution is 0.0948. The predicted molar refractivity (Wildman–Crippen MR) is 64.6 cm³/mol. The molecule has 3 nitrogen and oxygen atoms in total. The molecule has 1 aliphatic rings. The second-order valence-electron chi connectivity index (χ2n) is 4.52. The molecule has 92 valence electrons. The Morgan fingerprint density at radius 2 is 2.29 bits per heavy atom. The summed E-state index contributed by atoms with van der Waals surface area (Å²) < 4.78 is 13.4. The maximum atomic E-state index is 13.4. The number of carbonyl (C=O) groups excluding carboxylic acids is 1. The number of Topliss-reactive ketones (excluding diaryl/α,β-unsaturated/α-hetero) is 1. The fourth-order valence-electron chi connectivity index (χ4n) is 2.15. The van der Waals surface area contributed by atoms with Gasteiger partial charge in [-0.15, -0.1) is 0 Å². The van der Waals surface area contributed by atoms with Crippen LogP contribution in [-0.4, -0.2) is 43.4 Å². The van der Waals surface area contributed by atoms with Crippen LogP contribution in [0.3, 0.4) is 0 Å². The Labute approximate surface area is 101 Å². The second kappa shape index (κ2) is 5.38. The molecular formula is C13H17FN2O. The van der Waals surface area contributed by atoms with E-state index in [1.54, 1.807) is 18.2 Å². The largest absolute Gasteiger partial charge is 0.311 e. The number of nitrogens with one attached hydrogen (secondary N) is 1. The van der Waals surface area contributed by atoms with E-state index in [0.717, 1.165) is 19.6 Å². The third-order valence-electron chi connectivity index (χ3n) is 3.06. The van der Waals surface area contributed by atoms with Gasteiger partial charge in [-0.05, 0) is 19.2 Å². The van der Waals surface area contributed by atoms with Gasteiger partial charge in [0.15, 0.2) is 5.78 Å². The lowest BCUT2D eigenvalue weighted by Crippen LogP contribution is -2.49. The molecule has 1 heterocycles. The number of piperazine rings is 1. The monoisotopic (exact) mass is 236 g/mol. The number of ketones is 1. The lowest BCUT2D eigenvalue weighted by atomic mass is 10.0. The second-order valence-corrected chi connectivity index (χ2v) is 4.52. The number of hydrogen-bond acceptors (Lipinski definition) is 3. The summed E-state index contributed by atoms with van der Waals surface area (Å²) in [5, 5.41) is 3.28. The van der Waals surface area contributed by atoms with Gasteiger partial charge in [-0.3, -0.25) is 4.79 Å². The van der Waals surface area contributed by atoms with Crippen LogP contribution in [0, 0.1) is 5.82 Å². The van der Waals surface area contributed by atoms with Gasteiger partial charge in [0.25, 0.3) is 0 Å². The molecule has 1 saturated heterocycles. The Hall–Kier alpha value is -1.26. The highest BCUT2D eigenvalue weighted by atomic mass is 19.1. The van der Waals surface area contributed by atoms with Gasteiger partial charge in [-0.1, -0.05) is 12.1 Å². The summed E-state index contributed by atoms with van der Waals surface area (Å²) in [6.45, 7) is 2.70. The van der Waals surface area contributed by atoms with Crippen molar-refractivity contribution < 1.29 is 9.18 Å². The molecule has 1 unspecified atom stereocenters. The fourth-order valence-corrected chi connectivity index (χ4v) is 2.15. The Balaban J connectivity index is 1.99. The first kappa shape index (κ1) is 12.2. The molecule has 0 aliphatic carbocycles. The van der Waals surface area contributed by atoms with Crippen LogP contribution in [0.25, 0.3) is 0 Å². The summed E-state index contributed by atoms with van der Waals surface area (Å²) in [7, 11) is 2.03. The molecule has 17 heavy (non-hydrogen) atoms. The lowest BCUT2D eigenvalue weighted by Gasteiger charge is -2.30. The number of carbonyl (C=O) groups is 1. The van der Waals surface area contributed by atoms with Crippen molar-refractivity contribution in [3.8, 4) is 0 Å². The average Bonchev–Trinajstić information content (AvgIpc) is 2.29. The van der Waals surface area contributed by atoms with Crippen molar-refractivity contribution in [3.63, 3.8) is 0 Å². The van der Waals surface area contributed by atoms with E-state index >= 15 is 0 Å². The summed E-state index contributed by atoms with van der Waals surface area (Å²) in [5.74, 6) is -0.558. The summed E-state index contributed by atoms with van der Waals surface area (Å²) in [5.41, 5.74) is 0.197. The maximum Gasteiger partial charge on any atom is 0.167 e. The van der Waals surface area contributed by atoms with Gasteiger partial charge in [0.1, 0.15) is 5.82 Å². The van der Waals surface area contributed by atoms with E-state index in [9.17, 15) is 9.18 Å². The first-order valence-corrected chi connectivity index (χ1v) is 5.86. The summed E-state index contributed by atoms with van der Waals surface area (Å²) in [6, 6.07) is 6.29. The van der Waals surface area contributed by atoms with Crippen LogP contribution in [0.2, 0.25) is 0 Å². The quantitative estimate of drug-likeness (QED) is 0.803. The van der Waals surface area contributed by atoms with Crippen LogP contribution in [0.1, 0.15) is 16.8 Å². The van der Waals surface area contributed by atoms with Gasteiger partial charge in [0.05, 0.1) is 5.56 Å². The van der Waals surface area contributed by atoms with Crippen LogP contribution in [0.5, 0.6) is 0 Å². The van der Waals surface area contributed by atoms with Crippen molar-refractivity contribution >= 4 is 5.78 Å². The number of hydrogen-bond donors (Lipinski definition) is 1. The molecule has 2 rings (SSSR count). The zero-order chi connectivity index (χ0) is 12.3. The van der Waals surface area contributed by atoms with Gasteiger partial charge in [-0.25, -0.2) is 4.39 Å². The van der Waals surface area contributed by atoms with Crippen molar-refractivity contribution in [2.24, 2.45) is 0 Å². The van der Waals surface area contributed by atoms with Crippen molar-refractivity contribution in [1.82, 2.24) is 10.2 Å².